The molecule has 96 valence electrons. The van der Waals surface area contributed by atoms with Gasteiger partial charge in [-0.3, -0.25) is 0 Å². The van der Waals surface area contributed by atoms with Gasteiger partial charge in [-0.2, -0.15) is 4.99 Å². The molecule has 2 aliphatic rings. The minimum absolute atomic E-state index is 0.170. The molecule has 2 rings (SSSR count). The van der Waals surface area contributed by atoms with E-state index in [1.54, 1.807) is 4.90 Å². The van der Waals surface area contributed by atoms with Crippen molar-refractivity contribution in [2.45, 2.75) is 57.4 Å². The van der Waals surface area contributed by atoms with E-state index in [0.29, 0.717) is 5.84 Å². The molecule has 0 aromatic carbocycles. The van der Waals surface area contributed by atoms with Crippen LogP contribution in [0.25, 0.3) is 0 Å². The van der Waals surface area contributed by atoms with Crippen LogP contribution in [-0.4, -0.2) is 29.4 Å². The van der Waals surface area contributed by atoms with E-state index in [1.165, 1.54) is 25.7 Å². The number of likely N-dealkylation sites (N-methyl/N-ethyl adjacent to an activating group) is 1. The van der Waals surface area contributed by atoms with Crippen molar-refractivity contribution in [1.29, 1.82) is 0 Å². The number of amidine groups is 1. The van der Waals surface area contributed by atoms with Crippen LogP contribution in [0.3, 0.4) is 0 Å². The molecule has 0 saturated heterocycles. The highest BCUT2D eigenvalue weighted by Gasteiger charge is 2.46. The number of hydrogen-bond acceptors (Lipinski definition) is 2. The van der Waals surface area contributed by atoms with E-state index in [-0.39, 0.29) is 11.6 Å². The fraction of sp³-hybridized carbons (Fsp3) is 0.846. The van der Waals surface area contributed by atoms with Gasteiger partial charge in [0.1, 0.15) is 11.4 Å². The summed E-state index contributed by atoms with van der Waals surface area (Å²) in [6.07, 6.45) is 8.09. The molecular formula is C13H23N3O. The van der Waals surface area contributed by atoms with E-state index < -0.39 is 0 Å². The van der Waals surface area contributed by atoms with Gasteiger partial charge in [0.25, 0.3) is 0 Å². The van der Waals surface area contributed by atoms with Crippen molar-refractivity contribution in [3.63, 3.8) is 0 Å². The standard InChI is InChI=1S/C13H23N3O/c1-3-5-10-6-4-8-13(9-7-10)11(14)15-12(17)16(13)2/h10H,3-9H2,1-2H3,(H2,14,15,17). The molecule has 2 unspecified atom stereocenters. The van der Waals surface area contributed by atoms with Gasteiger partial charge in [0, 0.05) is 7.05 Å². The number of carbonyl (C=O) groups is 1. The van der Waals surface area contributed by atoms with E-state index in [0.717, 1.165) is 25.2 Å². The second-order valence-corrected chi connectivity index (χ2v) is 5.46. The average Bonchev–Trinajstić information content (AvgIpc) is 2.49. The molecular weight excluding hydrogens is 214 g/mol. The zero-order chi connectivity index (χ0) is 12.5. The highest BCUT2D eigenvalue weighted by molar-refractivity contribution is 6.05. The number of nitrogens with zero attached hydrogens (tertiary/aromatic N) is 2. The Morgan fingerprint density at radius 2 is 2.24 bits per heavy atom. The Labute approximate surface area is 103 Å². The number of aliphatic imine (C=N–C) groups is 1. The van der Waals surface area contributed by atoms with Crippen LogP contribution in [0, 0.1) is 5.92 Å². The molecule has 4 heteroatoms. The molecule has 1 heterocycles. The van der Waals surface area contributed by atoms with Crippen LogP contribution < -0.4 is 5.73 Å². The second kappa shape index (κ2) is 4.67. The monoisotopic (exact) mass is 237 g/mol. The van der Waals surface area contributed by atoms with Gasteiger partial charge >= 0.3 is 6.03 Å². The van der Waals surface area contributed by atoms with E-state index in [2.05, 4.69) is 11.9 Å². The zero-order valence-corrected chi connectivity index (χ0v) is 10.9. The smallest absolute Gasteiger partial charge is 0.345 e. The summed E-state index contributed by atoms with van der Waals surface area (Å²) >= 11 is 0. The molecule has 2 amide bonds. The Bertz CT molecular complexity index is 340. The van der Waals surface area contributed by atoms with Crippen LogP contribution in [0.4, 0.5) is 4.79 Å². The van der Waals surface area contributed by atoms with Crippen molar-refractivity contribution in [3.05, 3.63) is 0 Å². The van der Waals surface area contributed by atoms with Gasteiger partial charge < -0.3 is 10.6 Å². The third-order valence-corrected chi connectivity index (χ3v) is 4.49. The maximum Gasteiger partial charge on any atom is 0.345 e. The van der Waals surface area contributed by atoms with Gasteiger partial charge in [-0.15, -0.1) is 0 Å². The third kappa shape index (κ3) is 2.05. The molecule has 0 bridgehead atoms. The van der Waals surface area contributed by atoms with Crippen LogP contribution in [0.15, 0.2) is 4.99 Å². The maximum absolute atomic E-state index is 11.6. The molecule has 0 aromatic rings. The number of carbonyl (C=O) groups excluding carboxylic acids is 1. The predicted octanol–water partition coefficient (Wildman–Crippen LogP) is 2.53. The molecule has 1 fully saturated rings. The number of hydrogen-bond donors (Lipinski definition) is 1. The number of nitrogens with two attached hydrogens (primary N) is 1. The van der Waals surface area contributed by atoms with Crippen molar-refractivity contribution in [2.24, 2.45) is 16.6 Å². The summed E-state index contributed by atoms with van der Waals surface area (Å²) < 4.78 is 0. The van der Waals surface area contributed by atoms with Gasteiger partial charge in [0.15, 0.2) is 0 Å². The first-order valence-electron chi connectivity index (χ1n) is 6.72. The molecule has 0 aromatic heterocycles. The Balaban J connectivity index is 2.12. The number of amides is 2. The SMILES string of the molecule is CCCC1CCCC2(CC1)C(N)=NC(=O)N2C. The molecule has 0 radical (unpaired) electrons. The zero-order valence-electron chi connectivity index (χ0n) is 10.9. The van der Waals surface area contributed by atoms with Crippen LogP contribution in [-0.2, 0) is 0 Å². The molecule has 1 saturated carbocycles. The first-order chi connectivity index (χ1) is 8.10. The lowest BCUT2D eigenvalue weighted by molar-refractivity contribution is 0.180. The minimum atomic E-state index is -0.264. The van der Waals surface area contributed by atoms with Gasteiger partial charge in [-0.05, 0) is 25.2 Å². The lowest BCUT2D eigenvalue weighted by Crippen LogP contribution is -2.52. The van der Waals surface area contributed by atoms with Gasteiger partial charge in [-0.1, -0.05) is 32.6 Å². The highest BCUT2D eigenvalue weighted by atomic mass is 16.2. The van der Waals surface area contributed by atoms with Gasteiger partial charge in [0.2, 0.25) is 0 Å². The van der Waals surface area contributed by atoms with Gasteiger partial charge in [0.05, 0.1) is 0 Å². The highest BCUT2D eigenvalue weighted by Crippen LogP contribution is 2.38. The number of rotatable bonds is 2. The Morgan fingerprint density at radius 1 is 1.47 bits per heavy atom. The predicted molar refractivity (Wildman–Crippen MR) is 69.0 cm³/mol. The second-order valence-electron chi connectivity index (χ2n) is 5.46. The van der Waals surface area contributed by atoms with Crippen molar-refractivity contribution in [2.75, 3.05) is 7.05 Å². The molecule has 2 atom stereocenters. The summed E-state index contributed by atoms with van der Waals surface area (Å²) in [5.41, 5.74) is 5.74. The van der Waals surface area contributed by atoms with E-state index in [1.807, 2.05) is 7.05 Å². The van der Waals surface area contributed by atoms with Crippen molar-refractivity contribution in [3.8, 4) is 0 Å². The molecule has 17 heavy (non-hydrogen) atoms. The maximum atomic E-state index is 11.6. The molecule has 4 nitrogen and oxygen atoms in total. The summed E-state index contributed by atoms with van der Waals surface area (Å²) in [5.74, 6) is 1.35. The first kappa shape index (κ1) is 12.4. The van der Waals surface area contributed by atoms with Crippen molar-refractivity contribution >= 4 is 11.9 Å². The fourth-order valence-electron chi connectivity index (χ4n) is 3.32. The molecule has 1 aliphatic heterocycles. The Hall–Kier alpha value is -1.06. The Morgan fingerprint density at radius 3 is 2.82 bits per heavy atom. The fourth-order valence-corrected chi connectivity index (χ4v) is 3.32. The summed E-state index contributed by atoms with van der Waals surface area (Å²) in [6.45, 7) is 2.24. The van der Waals surface area contributed by atoms with Crippen LogP contribution in [0.2, 0.25) is 0 Å². The number of urea groups is 1. The average molecular weight is 237 g/mol. The summed E-state index contributed by atoms with van der Waals surface area (Å²) in [4.78, 5) is 17.3. The molecule has 1 aliphatic carbocycles. The van der Waals surface area contributed by atoms with Crippen LogP contribution in [0.5, 0.6) is 0 Å². The topological polar surface area (TPSA) is 58.7 Å². The summed E-state index contributed by atoms with van der Waals surface area (Å²) in [7, 11) is 1.84. The van der Waals surface area contributed by atoms with Crippen LogP contribution >= 0.6 is 0 Å². The minimum Gasteiger partial charge on any atom is -0.385 e. The van der Waals surface area contributed by atoms with E-state index in [9.17, 15) is 4.79 Å². The molecule has 2 N–H and O–H groups in total. The largest absolute Gasteiger partial charge is 0.385 e. The summed E-state index contributed by atoms with van der Waals surface area (Å²) in [5, 5.41) is 0. The van der Waals surface area contributed by atoms with Gasteiger partial charge in [-0.25, -0.2) is 4.79 Å². The van der Waals surface area contributed by atoms with E-state index >= 15 is 0 Å². The van der Waals surface area contributed by atoms with Crippen LogP contribution in [0.1, 0.15) is 51.9 Å². The van der Waals surface area contributed by atoms with E-state index in [4.69, 9.17) is 5.73 Å². The van der Waals surface area contributed by atoms with Crippen molar-refractivity contribution in [1.82, 2.24) is 4.90 Å². The Kier molecular flexibility index (Phi) is 3.40. The quantitative estimate of drug-likeness (QED) is 0.802. The third-order valence-electron chi connectivity index (χ3n) is 4.49. The normalized spacial score (nSPS) is 34.0. The first-order valence-corrected chi connectivity index (χ1v) is 6.72. The lowest BCUT2D eigenvalue weighted by Gasteiger charge is -2.34. The molecule has 1 spiro atoms. The summed E-state index contributed by atoms with van der Waals surface area (Å²) in [6, 6.07) is -0.170. The lowest BCUT2D eigenvalue weighted by atomic mass is 9.87. The van der Waals surface area contributed by atoms with Crippen molar-refractivity contribution < 1.29 is 4.79 Å².